The van der Waals surface area contributed by atoms with Crippen LogP contribution in [0.2, 0.25) is 0 Å². The number of hydrogen-bond acceptors (Lipinski definition) is 8. The summed E-state index contributed by atoms with van der Waals surface area (Å²) in [6.45, 7) is 2.26. The van der Waals surface area contributed by atoms with E-state index in [4.69, 9.17) is 8.92 Å². The molecule has 0 aliphatic carbocycles. The topological polar surface area (TPSA) is 149 Å². The smallest absolute Gasteiger partial charge is 0.339 e. The molecule has 0 saturated carbocycles. The highest BCUT2D eigenvalue weighted by atomic mass is 79.9. The Morgan fingerprint density at radius 3 is 2.53 bits per heavy atom. The Hall–Kier alpha value is -4.21. The van der Waals surface area contributed by atoms with Crippen LogP contribution in [0.15, 0.2) is 81.7 Å². The number of amides is 1. The molecule has 1 N–H and O–H groups in total. The Balaban J connectivity index is 1.90. The molecule has 3 rings (SSSR count). The molecule has 10 nitrogen and oxygen atoms in total. The molecule has 36 heavy (non-hydrogen) atoms. The van der Waals surface area contributed by atoms with Crippen molar-refractivity contribution in [2.24, 2.45) is 0 Å². The summed E-state index contributed by atoms with van der Waals surface area (Å²) in [4.78, 5) is 22.6. The average Bonchev–Trinajstić information content (AvgIpc) is 2.84. The normalized spacial score (nSPS) is 11.3. The first-order valence-corrected chi connectivity index (χ1v) is 12.5. The lowest BCUT2D eigenvalue weighted by molar-refractivity contribution is -0.384. The fraction of sp³-hybridized carbons (Fsp3) is 0.0833. The lowest BCUT2D eigenvalue weighted by Gasteiger charge is -2.11. The van der Waals surface area contributed by atoms with Crippen LogP contribution >= 0.6 is 15.9 Å². The number of non-ortho nitro benzene ring substituents is 1. The van der Waals surface area contributed by atoms with E-state index in [2.05, 4.69) is 21.2 Å². The largest absolute Gasteiger partial charge is 0.494 e. The third-order valence-corrected chi connectivity index (χ3v) is 6.32. The molecule has 12 heteroatoms. The second kappa shape index (κ2) is 11.5. The van der Waals surface area contributed by atoms with Crippen molar-refractivity contribution in [3.05, 3.63) is 92.5 Å². The van der Waals surface area contributed by atoms with Gasteiger partial charge in [-0.2, -0.15) is 13.7 Å². The van der Waals surface area contributed by atoms with E-state index < -0.39 is 20.9 Å². The second-order valence-corrected chi connectivity index (χ2v) is 9.52. The number of hydrogen-bond donors (Lipinski definition) is 1. The predicted octanol–water partition coefficient (Wildman–Crippen LogP) is 5.07. The third kappa shape index (κ3) is 6.68. The maximum Gasteiger partial charge on any atom is 0.339 e. The molecule has 3 aromatic rings. The Morgan fingerprint density at radius 1 is 1.17 bits per heavy atom. The summed E-state index contributed by atoms with van der Waals surface area (Å²) in [6, 6.07) is 16.9. The van der Waals surface area contributed by atoms with Gasteiger partial charge < -0.3 is 14.2 Å². The fourth-order valence-corrected chi connectivity index (χ4v) is 4.27. The van der Waals surface area contributed by atoms with E-state index >= 15 is 0 Å². The number of anilines is 1. The van der Waals surface area contributed by atoms with Crippen molar-refractivity contribution in [2.75, 3.05) is 11.9 Å². The van der Waals surface area contributed by atoms with E-state index in [0.717, 1.165) is 24.3 Å². The van der Waals surface area contributed by atoms with Crippen molar-refractivity contribution in [1.82, 2.24) is 0 Å². The van der Waals surface area contributed by atoms with E-state index in [9.17, 15) is 28.6 Å². The Bertz CT molecular complexity index is 1480. The van der Waals surface area contributed by atoms with Crippen molar-refractivity contribution < 1.29 is 27.1 Å². The minimum Gasteiger partial charge on any atom is -0.494 e. The Morgan fingerprint density at radius 2 is 1.89 bits per heavy atom. The van der Waals surface area contributed by atoms with E-state index in [1.807, 2.05) is 6.92 Å². The molecule has 0 aliphatic heterocycles. The number of benzene rings is 3. The summed E-state index contributed by atoms with van der Waals surface area (Å²) in [6.07, 6.45) is 1.19. The van der Waals surface area contributed by atoms with Crippen LogP contribution in [0.1, 0.15) is 12.5 Å². The standard InChI is InChI=1S/C24H18BrN3O7S/c1-2-34-21-5-3-4-19(14-21)27-24(29)17(15-26)12-16-13-18(25)6-11-23(16)35-36(32,33)22-9-7-20(8-10-22)28(30)31/h3-14H,2H2,1H3,(H,27,29)/b17-12+. The summed E-state index contributed by atoms with van der Waals surface area (Å²) >= 11 is 3.27. The number of nitrogens with one attached hydrogen (secondary N) is 1. The third-order valence-electron chi connectivity index (χ3n) is 4.58. The molecule has 184 valence electrons. The molecule has 0 saturated heterocycles. The lowest BCUT2D eigenvalue weighted by Crippen LogP contribution is -2.14. The number of halogens is 1. The number of nitro benzene ring substituents is 1. The molecule has 0 unspecified atom stereocenters. The van der Waals surface area contributed by atoms with Crippen molar-refractivity contribution >= 4 is 49.4 Å². The van der Waals surface area contributed by atoms with Gasteiger partial charge in [-0.15, -0.1) is 0 Å². The van der Waals surface area contributed by atoms with Gasteiger partial charge >= 0.3 is 10.1 Å². The van der Waals surface area contributed by atoms with Crippen LogP contribution in [0.5, 0.6) is 11.5 Å². The molecular formula is C24H18BrN3O7S. The highest BCUT2D eigenvalue weighted by Gasteiger charge is 2.21. The average molecular weight is 572 g/mol. The number of ether oxygens (including phenoxy) is 1. The monoisotopic (exact) mass is 571 g/mol. The molecule has 1 amide bonds. The number of nitro groups is 1. The van der Waals surface area contributed by atoms with Gasteiger partial charge in [0, 0.05) is 33.9 Å². The second-order valence-electron chi connectivity index (χ2n) is 7.06. The molecule has 0 atom stereocenters. The van der Waals surface area contributed by atoms with Crippen molar-refractivity contribution in [3.63, 3.8) is 0 Å². The van der Waals surface area contributed by atoms with Crippen molar-refractivity contribution in [3.8, 4) is 17.6 Å². The van der Waals surface area contributed by atoms with E-state index in [1.165, 1.54) is 24.3 Å². The quantitative estimate of drug-likeness (QED) is 0.123. The van der Waals surface area contributed by atoms with Crippen LogP contribution in [-0.2, 0) is 14.9 Å². The van der Waals surface area contributed by atoms with Gasteiger partial charge in [0.05, 0.1) is 11.5 Å². The lowest BCUT2D eigenvalue weighted by atomic mass is 10.1. The number of rotatable bonds is 9. The Kier molecular flexibility index (Phi) is 8.42. The van der Waals surface area contributed by atoms with Gasteiger partial charge in [-0.25, -0.2) is 0 Å². The maximum absolute atomic E-state index is 12.8. The molecule has 3 aromatic carbocycles. The van der Waals surface area contributed by atoms with Gasteiger partial charge in [-0.3, -0.25) is 14.9 Å². The van der Waals surface area contributed by atoms with Crippen LogP contribution in [0.25, 0.3) is 6.08 Å². The molecule has 0 fully saturated rings. The first kappa shape index (κ1) is 26.4. The van der Waals surface area contributed by atoms with E-state index in [1.54, 1.807) is 30.3 Å². The number of carbonyl (C=O) groups excluding carboxylic acids is 1. The summed E-state index contributed by atoms with van der Waals surface area (Å²) < 4.78 is 36.7. The van der Waals surface area contributed by atoms with Crippen molar-refractivity contribution in [2.45, 2.75) is 11.8 Å². The highest BCUT2D eigenvalue weighted by molar-refractivity contribution is 9.10. The molecule has 0 aromatic heterocycles. The minimum absolute atomic E-state index is 0.129. The predicted molar refractivity (Wildman–Crippen MR) is 135 cm³/mol. The van der Waals surface area contributed by atoms with Gasteiger partial charge in [-0.05, 0) is 55.5 Å². The van der Waals surface area contributed by atoms with Gasteiger partial charge in [0.15, 0.2) is 0 Å². The fourth-order valence-electron chi connectivity index (χ4n) is 2.94. The molecule has 0 spiro atoms. The molecule has 0 radical (unpaired) electrons. The summed E-state index contributed by atoms with van der Waals surface area (Å²) in [5, 5.41) is 23.0. The Labute approximate surface area is 215 Å². The molecule has 0 heterocycles. The SMILES string of the molecule is CCOc1cccc(NC(=O)/C(C#N)=C/c2cc(Br)ccc2OS(=O)(=O)c2ccc([N+](=O)[O-])cc2)c1. The van der Waals surface area contributed by atoms with Gasteiger partial charge in [0.1, 0.15) is 28.0 Å². The zero-order chi connectivity index (χ0) is 26.3. The summed E-state index contributed by atoms with van der Waals surface area (Å²) in [5.74, 6) is -0.345. The van der Waals surface area contributed by atoms with Gasteiger partial charge in [-0.1, -0.05) is 22.0 Å². The molecule has 0 aliphatic rings. The first-order valence-electron chi connectivity index (χ1n) is 10.3. The zero-order valence-corrected chi connectivity index (χ0v) is 21.1. The van der Waals surface area contributed by atoms with Crippen LogP contribution < -0.4 is 14.2 Å². The number of carbonyl (C=O) groups is 1. The van der Waals surface area contributed by atoms with Gasteiger partial charge in [0.25, 0.3) is 11.6 Å². The van der Waals surface area contributed by atoms with Gasteiger partial charge in [0.2, 0.25) is 0 Å². The minimum atomic E-state index is -4.38. The van der Waals surface area contributed by atoms with E-state index in [-0.39, 0.29) is 27.5 Å². The molecular weight excluding hydrogens is 554 g/mol. The van der Waals surface area contributed by atoms with Crippen LogP contribution in [0, 0.1) is 21.4 Å². The molecule has 0 bridgehead atoms. The summed E-state index contributed by atoms with van der Waals surface area (Å²) in [5.41, 5.74) is -0.0617. The van der Waals surface area contributed by atoms with Crippen molar-refractivity contribution in [1.29, 1.82) is 5.26 Å². The summed E-state index contributed by atoms with van der Waals surface area (Å²) in [7, 11) is -4.38. The highest BCUT2D eigenvalue weighted by Crippen LogP contribution is 2.29. The zero-order valence-electron chi connectivity index (χ0n) is 18.7. The van der Waals surface area contributed by atoms with Crippen LogP contribution in [0.3, 0.4) is 0 Å². The van der Waals surface area contributed by atoms with E-state index in [0.29, 0.717) is 22.5 Å². The number of nitrogens with zero attached hydrogens (tertiary/aromatic N) is 2. The first-order chi connectivity index (χ1) is 17.1. The van der Waals surface area contributed by atoms with Crippen LogP contribution in [0.4, 0.5) is 11.4 Å². The maximum atomic E-state index is 12.8. The van der Waals surface area contributed by atoms with Crippen LogP contribution in [-0.4, -0.2) is 25.9 Å². The number of nitriles is 1.